The molecular weight excluding hydrogens is 108 g/mol. The van der Waals surface area contributed by atoms with Crippen molar-refractivity contribution in [3.63, 3.8) is 0 Å². The van der Waals surface area contributed by atoms with Crippen LogP contribution in [0.5, 0.6) is 0 Å². The van der Waals surface area contributed by atoms with Crippen LogP contribution in [0.2, 0.25) is 0 Å². The van der Waals surface area contributed by atoms with Gasteiger partial charge >= 0.3 is 0 Å². The average Bonchev–Trinajstić information content (AvgIpc) is 1.85. The van der Waals surface area contributed by atoms with Crippen molar-refractivity contribution in [3.05, 3.63) is 0 Å². The summed E-state index contributed by atoms with van der Waals surface area (Å²) in [6.45, 7) is 4.48. The molecule has 1 atom stereocenters. The van der Waals surface area contributed by atoms with E-state index in [0.29, 0.717) is 0 Å². The highest BCUT2D eigenvalue weighted by molar-refractivity contribution is 4.83. The van der Waals surface area contributed by atoms with Crippen molar-refractivity contribution in [1.29, 1.82) is 0 Å². The van der Waals surface area contributed by atoms with Gasteiger partial charge in [-0.15, -0.1) is 12.3 Å². The summed E-state index contributed by atoms with van der Waals surface area (Å²) in [6.07, 6.45) is 9.87. The van der Waals surface area contributed by atoms with Crippen molar-refractivity contribution in [2.45, 2.75) is 39.5 Å². The third-order valence-electron chi connectivity index (χ3n) is 1.56. The standard InChI is InChI=1S/C9H16/c1-4-6-8-9(3)7-5-2/h1,9H,5-8H2,2-3H3. The van der Waals surface area contributed by atoms with Gasteiger partial charge in [-0.05, 0) is 12.3 Å². The van der Waals surface area contributed by atoms with Crippen LogP contribution >= 0.6 is 0 Å². The number of terminal acetylenes is 1. The van der Waals surface area contributed by atoms with Gasteiger partial charge in [0, 0.05) is 6.42 Å². The maximum Gasteiger partial charge on any atom is 0.00885 e. The smallest absolute Gasteiger partial charge is 0.00885 e. The zero-order valence-electron chi connectivity index (χ0n) is 6.48. The number of hydrogen-bond acceptors (Lipinski definition) is 0. The summed E-state index contributed by atoms with van der Waals surface area (Å²) in [5.41, 5.74) is 0. The van der Waals surface area contributed by atoms with Crippen LogP contribution in [0.25, 0.3) is 0 Å². The van der Waals surface area contributed by atoms with E-state index in [9.17, 15) is 0 Å². The molecule has 0 rings (SSSR count). The third kappa shape index (κ3) is 5.43. The maximum atomic E-state index is 5.12. The molecule has 0 aliphatic rings. The summed E-state index contributed by atoms with van der Waals surface area (Å²) in [4.78, 5) is 0. The fraction of sp³-hybridized carbons (Fsp3) is 0.778. The van der Waals surface area contributed by atoms with Crippen molar-refractivity contribution in [2.75, 3.05) is 0 Å². The first-order chi connectivity index (χ1) is 4.31. The first kappa shape index (κ1) is 8.56. The number of hydrogen-bond donors (Lipinski definition) is 0. The van der Waals surface area contributed by atoms with E-state index >= 15 is 0 Å². The van der Waals surface area contributed by atoms with Crippen LogP contribution in [-0.4, -0.2) is 0 Å². The Bertz CT molecular complexity index is 86.7. The Labute approximate surface area is 58.7 Å². The van der Waals surface area contributed by atoms with Gasteiger partial charge < -0.3 is 0 Å². The normalized spacial score (nSPS) is 12.6. The fourth-order valence-corrected chi connectivity index (χ4v) is 0.967. The van der Waals surface area contributed by atoms with Gasteiger partial charge in [-0.3, -0.25) is 0 Å². The molecule has 0 spiro atoms. The predicted molar refractivity (Wildman–Crippen MR) is 42.1 cm³/mol. The van der Waals surface area contributed by atoms with Crippen molar-refractivity contribution in [3.8, 4) is 12.3 Å². The lowest BCUT2D eigenvalue weighted by molar-refractivity contribution is 0.494. The van der Waals surface area contributed by atoms with E-state index in [4.69, 9.17) is 6.42 Å². The second-order valence-electron chi connectivity index (χ2n) is 2.64. The molecule has 0 aromatic carbocycles. The van der Waals surface area contributed by atoms with Crippen LogP contribution in [-0.2, 0) is 0 Å². The lowest BCUT2D eigenvalue weighted by Gasteiger charge is -2.05. The van der Waals surface area contributed by atoms with E-state index in [-0.39, 0.29) is 0 Å². The summed E-state index contributed by atoms with van der Waals surface area (Å²) in [5.74, 6) is 3.48. The molecule has 0 heterocycles. The second-order valence-corrected chi connectivity index (χ2v) is 2.64. The van der Waals surface area contributed by atoms with E-state index in [2.05, 4.69) is 19.8 Å². The van der Waals surface area contributed by atoms with Crippen LogP contribution in [0.4, 0.5) is 0 Å². The van der Waals surface area contributed by atoms with Gasteiger partial charge in [0.1, 0.15) is 0 Å². The average molecular weight is 124 g/mol. The molecule has 0 nitrogen and oxygen atoms in total. The van der Waals surface area contributed by atoms with Crippen molar-refractivity contribution in [1.82, 2.24) is 0 Å². The minimum Gasteiger partial charge on any atom is -0.120 e. The summed E-state index contributed by atoms with van der Waals surface area (Å²) in [6, 6.07) is 0. The van der Waals surface area contributed by atoms with E-state index in [0.717, 1.165) is 12.3 Å². The van der Waals surface area contributed by atoms with E-state index in [1.54, 1.807) is 0 Å². The van der Waals surface area contributed by atoms with Gasteiger partial charge in [0.2, 0.25) is 0 Å². The van der Waals surface area contributed by atoms with Crippen LogP contribution in [0, 0.1) is 18.3 Å². The van der Waals surface area contributed by atoms with Crippen molar-refractivity contribution < 1.29 is 0 Å². The van der Waals surface area contributed by atoms with Crippen LogP contribution in [0.15, 0.2) is 0 Å². The monoisotopic (exact) mass is 124 g/mol. The first-order valence-electron chi connectivity index (χ1n) is 3.74. The fourth-order valence-electron chi connectivity index (χ4n) is 0.967. The Balaban J connectivity index is 3.07. The lowest BCUT2D eigenvalue weighted by Crippen LogP contribution is -1.91. The van der Waals surface area contributed by atoms with Gasteiger partial charge in [-0.1, -0.05) is 26.7 Å². The lowest BCUT2D eigenvalue weighted by atomic mass is 10.0. The van der Waals surface area contributed by atoms with Gasteiger partial charge in [0.05, 0.1) is 0 Å². The van der Waals surface area contributed by atoms with E-state index < -0.39 is 0 Å². The molecule has 0 aromatic rings. The SMILES string of the molecule is C#CCCC(C)CCC. The molecule has 0 fully saturated rings. The first-order valence-corrected chi connectivity index (χ1v) is 3.74. The Kier molecular flexibility index (Phi) is 5.41. The zero-order valence-corrected chi connectivity index (χ0v) is 6.48. The minimum absolute atomic E-state index is 0.825. The molecule has 0 saturated heterocycles. The van der Waals surface area contributed by atoms with Crippen LogP contribution < -0.4 is 0 Å². The molecule has 0 radical (unpaired) electrons. The third-order valence-corrected chi connectivity index (χ3v) is 1.56. The molecule has 52 valence electrons. The highest BCUT2D eigenvalue weighted by Gasteiger charge is 1.96. The quantitative estimate of drug-likeness (QED) is 0.505. The minimum atomic E-state index is 0.825. The molecule has 0 saturated carbocycles. The summed E-state index contributed by atoms with van der Waals surface area (Å²) in [7, 11) is 0. The Hall–Kier alpha value is -0.440. The highest BCUT2D eigenvalue weighted by atomic mass is 14.0. The summed E-state index contributed by atoms with van der Waals surface area (Å²) in [5, 5.41) is 0. The molecule has 0 aliphatic carbocycles. The zero-order chi connectivity index (χ0) is 7.11. The molecule has 0 bridgehead atoms. The largest absolute Gasteiger partial charge is 0.120 e. The van der Waals surface area contributed by atoms with Crippen LogP contribution in [0.1, 0.15) is 39.5 Å². The predicted octanol–water partition coefficient (Wildman–Crippen LogP) is 2.84. The maximum absolute atomic E-state index is 5.12. The number of rotatable bonds is 4. The van der Waals surface area contributed by atoms with E-state index in [1.165, 1.54) is 19.3 Å². The van der Waals surface area contributed by atoms with Gasteiger partial charge in [0.25, 0.3) is 0 Å². The molecule has 9 heavy (non-hydrogen) atoms. The Morgan fingerprint density at radius 1 is 1.44 bits per heavy atom. The molecule has 0 N–H and O–H groups in total. The molecular formula is C9H16. The van der Waals surface area contributed by atoms with Gasteiger partial charge in [-0.2, -0.15) is 0 Å². The van der Waals surface area contributed by atoms with E-state index in [1.807, 2.05) is 0 Å². The molecule has 0 heteroatoms. The van der Waals surface area contributed by atoms with Crippen molar-refractivity contribution in [2.24, 2.45) is 5.92 Å². The Morgan fingerprint density at radius 3 is 2.56 bits per heavy atom. The van der Waals surface area contributed by atoms with Crippen LogP contribution in [0.3, 0.4) is 0 Å². The topological polar surface area (TPSA) is 0 Å². The molecule has 0 aromatic heterocycles. The summed E-state index contributed by atoms with van der Waals surface area (Å²) >= 11 is 0. The highest BCUT2D eigenvalue weighted by Crippen LogP contribution is 2.10. The van der Waals surface area contributed by atoms with Gasteiger partial charge in [0.15, 0.2) is 0 Å². The second kappa shape index (κ2) is 5.69. The molecule has 0 aliphatic heterocycles. The molecule has 1 unspecified atom stereocenters. The molecule has 0 amide bonds. The summed E-state index contributed by atoms with van der Waals surface area (Å²) < 4.78 is 0. The van der Waals surface area contributed by atoms with Gasteiger partial charge in [-0.25, -0.2) is 0 Å². The van der Waals surface area contributed by atoms with Crippen molar-refractivity contribution >= 4 is 0 Å². The Morgan fingerprint density at radius 2 is 2.11 bits per heavy atom.